The van der Waals surface area contributed by atoms with E-state index in [1.165, 1.54) is 6.26 Å². The second-order valence-electron chi connectivity index (χ2n) is 8.74. The molecule has 6 heteroatoms. The smallest absolute Gasteiger partial charge is 0.198 e. The zero-order valence-electron chi connectivity index (χ0n) is 16.7. The molecule has 5 nitrogen and oxygen atoms in total. The van der Waals surface area contributed by atoms with Crippen molar-refractivity contribution < 1.29 is 9.21 Å². The van der Waals surface area contributed by atoms with Gasteiger partial charge in [-0.2, -0.15) is 0 Å². The van der Waals surface area contributed by atoms with Crippen molar-refractivity contribution in [2.75, 3.05) is 10.6 Å². The number of Topliss-reactive ketones (excluding diaryl/α,β-unsaturated/α-hetero) is 1. The molecule has 0 saturated heterocycles. The van der Waals surface area contributed by atoms with E-state index < -0.39 is 6.04 Å². The van der Waals surface area contributed by atoms with Crippen molar-refractivity contribution in [2.45, 2.75) is 32.7 Å². The molecule has 5 rings (SSSR count). The van der Waals surface area contributed by atoms with E-state index in [9.17, 15) is 9.59 Å². The van der Waals surface area contributed by atoms with Gasteiger partial charge in [0, 0.05) is 22.7 Å². The van der Waals surface area contributed by atoms with Gasteiger partial charge in [-0.05, 0) is 42.2 Å². The number of ketones is 1. The largest absolute Gasteiger partial charge is 0.464 e. The zero-order valence-corrected chi connectivity index (χ0v) is 17.5. The van der Waals surface area contributed by atoms with E-state index in [2.05, 4.69) is 24.5 Å². The van der Waals surface area contributed by atoms with Gasteiger partial charge in [0.15, 0.2) is 11.2 Å². The van der Waals surface area contributed by atoms with E-state index in [1.807, 2.05) is 24.3 Å². The van der Waals surface area contributed by atoms with Crippen molar-refractivity contribution in [2.24, 2.45) is 5.41 Å². The van der Waals surface area contributed by atoms with Crippen LogP contribution in [0.2, 0.25) is 5.02 Å². The highest BCUT2D eigenvalue weighted by molar-refractivity contribution is 6.31. The van der Waals surface area contributed by atoms with Gasteiger partial charge < -0.3 is 15.1 Å². The number of para-hydroxylation sites is 2. The minimum Gasteiger partial charge on any atom is -0.464 e. The molecule has 2 heterocycles. The number of halogens is 1. The van der Waals surface area contributed by atoms with Gasteiger partial charge in [-0.3, -0.25) is 9.59 Å². The van der Waals surface area contributed by atoms with Crippen LogP contribution in [0, 0.1) is 5.41 Å². The molecule has 0 amide bonds. The Bertz CT molecular complexity index is 1290. The minimum atomic E-state index is -0.612. The van der Waals surface area contributed by atoms with Crippen LogP contribution in [0.5, 0.6) is 0 Å². The van der Waals surface area contributed by atoms with Crippen LogP contribution < -0.4 is 16.1 Å². The van der Waals surface area contributed by atoms with Crippen molar-refractivity contribution in [3.63, 3.8) is 0 Å². The summed E-state index contributed by atoms with van der Waals surface area (Å²) in [5, 5.41) is 7.74. The molecule has 2 aromatic carbocycles. The highest BCUT2D eigenvalue weighted by atomic mass is 35.5. The molecule has 0 spiro atoms. The molecular formula is C24H21ClN2O3. The molecule has 3 aromatic rings. The maximum Gasteiger partial charge on any atom is 0.198 e. The first kappa shape index (κ1) is 18.9. The molecule has 0 fully saturated rings. The number of fused-ring (bicyclic) bond motifs is 2. The standard InChI is InChI=1S/C24H21ClN2O3/c1-24(2)10-18-21(19(28)11-24)22(27-17-6-4-3-5-16(17)26-18)15-12-30-20-8-7-13(25)9-14(20)23(15)29/h3-9,12,22,26-27H,10-11H2,1-2H3/t22-/m1/s1. The lowest BCUT2D eigenvalue weighted by Gasteiger charge is -2.33. The second-order valence-corrected chi connectivity index (χ2v) is 9.18. The molecule has 1 atom stereocenters. The van der Waals surface area contributed by atoms with E-state index in [0.29, 0.717) is 40.0 Å². The first-order valence-electron chi connectivity index (χ1n) is 9.92. The fraction of sp³-hybridized carbons (Fsp3) is 0.250. The van der Waals surface area contributed by atoms with Crippen molar-refractivity contribution in [1.29, 1.82) is 0 Å². The molecule has 0 bridgehead atoms. The summed E-state index contributed by atoms with van der Waals surface area (Å²) in [6.45, 7) is 4.17. The molecule has 152 valence electrons. The van der Waals surface area contributed by atoms with Gasteiger partial charge in [0.1, 0.15) is 11.8 Å². The van der Waals surface area contributed by atoms with E-state index in [1.54, 1.807) is 18.2 Å². The van der Waals surface area contributed by atoms with Crippen LogP contribution in [0.4, 0.5) is 11.4 Å². The van der Waals surface area contributed by atoms with Crippen LogP contribution in [0.15, 0.2) is 69.2 Å². The summed E-state index contributed by atoms with van der Waals surface area (Å²) >= 11 is 6.12. The minimum absolute atomic E-state index is 0.0321. The van der Waals surface area contributed by atoms with Gasteiger partial charge in [-0.25, -0.2) is 0 Å². The third kappa shape index (κ3) is 3.10. The SMILES string of the molecule is CC1(C)CC(=O)C2=C(C1)Nc1ccccc1N[C@@H]2c1coc2ccc(Cl)cc2c1=O. The number of rotatable bonds is 1. The van der Waals surface area contributed by atoms with Crippen LogP contribution in [-0.2, 0) is 4.79 Å². The summed E-state index contributed by atoms with van der Waals surface area (Å²) in [5.41, 5.74) is 3.66. The van der Waals surface area contributed by atoms with Crippen molar-refractivity contribution >= 4 is 39.7 Å². The van der Waals surface area contributed by atoms with Crippen molar-refractivity contribution in [3.8, 4) is 0 Å². The Morgan fingerprint density at radius 3 is 2.63 bits per heavy atom. The van der Waals surface area contributed by atoms with Gasteiger partial charge in [-0.15, -0.1) is 0 Å². The van der Waals surface area contributed by atoms with E-state index >= 15 is 0 Å². The molecule has 0 unspecified atom stereocenters. The second kappa shape index (κ2) is 6.74. The summed E-state index contributed by atoms with van der Waals surface area (Å²) in [4.78, 5) is 26.7. The van der Waals surface area contributed by atoms with E-state index in [4.69, 9.17) is 16.0 Å². The Balaban J connectivity index is 1.75. The average molecular weight is 421 g/mol. The number of benzene rings is 2. The summed E-state index contributed by atoms with van der Waals surface area (Å²) in [5.74, 6) is 0.0321. The highest BCUT2D eigenvalue weighted by Crippen LogP contribution is 2.45. The fourth-order valence-corrected chi connectivity index (χ4v) is 4.61. The van der Waals surface area contributed by atoms with Crippen LogP contribution in [0.25, 0.3) is 11.0 Å². The fourth-order valence-electron chi connectivity index (χ4n) is 4.44. The van der Waals surface area contributed by atoms with Crippen LogP contribution in [-0.4, -0.2) is 5.78 Å². The van der Waals surface area contributed by atoms with Gasteiger partial charge >= 0.3 is 0 Å². The van der Waals surface area contributed by atoms with E-state index in [0.717, 1.165) is 17.1 Å². The first-order valence-corrected chi connectivity index (χ1v) is 10.3. The number of carbonyl (C=O) groups excluding carboxylic acids is 1. The van der Waals surface area contributed by atoms with Crippen LogP contribution >= 0.6 is 11.6 Å². The predicted molar refractivity (Wildman–Crippen MR) is 119 cm³/mol. The molecular weight excluding hydrogens is 400 g/mol. The Morgan fingerprint density at radius 1 is 1.07 bits per heavy atom. The summed E-state index contributed by atoms with van der Waals surface area (Å²) in [6, 6.07) is 12.1. The zero-order chi connectivity index (χ0) is 21.0. The Hall–Kier alpha value is -3.05. The lowest BCUT2D eigenvalue weighted by atomic mass is 9.73. The summed E-state index contributed by atoms with van der Waals surface area (Å²) in [7, 11) is 0. The predicted octanol–water partition coefficient (Wildman–Crippen LogP) is 5.67. The molecule has 30 heavy (non-hydrogen) atoms. The molecule has 0 radical (unpaired) electrons. The monoisotopic (exact) mass is 420 g/mol. The molecule has 0 saturated carbocycles. The molecule has 1 aliphatic carbocycles. The first-order chi connectivity index (χ1) is 14.3. The summed E-state index contributed by atoms with van der Waals surface area (Å²) < 4.78 is 5.76. The molecule has 1 aromatic heterocycles. The number of anilines is 2. The van der Waals surface area contributed by atoms with E-state index in [-0.39, 0.29) is 16.6 Å². The quantitative estimate of drug-likeness (QED) is 0.530. The topological polar surface area (TPSA) is 71.3 Å². The Kier molecular flexibility index (Phi) is 4.26. The van der Waals surface area contributed by atoms with Crippen LogP contribution in [0.1, 0.15) is 38.3 Å². The van der Waals surface area contributed by atoms with Gasteiger partial charge in [0.25, 0.3) is 0 Å². The number of hydrogen-bond donors (Lipinski definition) is 2. The Morgan fingerprint density at radius 2 is 1.83 bits per heavy atom. The van der Waals surface area contributed by atoms with Gasteiger partial charge in [-0.1, -0.05) is 37.6 Å². The Labute approximate surface area is 178 Å². The molecule has 1 aliphatic heterocycles. The number of allylic oxidation sites excluding steroid dienone is 1. The summed E-state index contributed by atoms with van der Waals surface area (Å²) in [6.07, 6.45) is 2.60. The highest BCUT2D eigenvalue weighted by Gasteiger charge is 2.39. The van der Waals surface area contributed by atoms with Gasteiger partial charge in [0.05, 0.1) is 28.4 Å². The van der Waals surface area contributed by atoms with Gasteiger partial charge in [0.2, 0.25) is 0 Å². The number of hydrogen-bond acceptors (Lipinski definition) is 5. The maximum absolute atomic E-state index is 13.4. The maximum atomic E-state index is 13.4. The molecule has 2 N–H and O–H groups in total. The third-order valence-corrected chi connectivity index (χ3v) is 6.03. The van der Waals surface area contributed by atoms with Crippen molar-refractivity contribution in [1.82, 2.24) is 0 Å². The average Bonchev–Trinajstić information content (AvgIpc) is 2.84. The normalized spacial score (nSPS) is 20.1. The lowest BCUT2D eigenvalue weighted by Crippen LogP contribution is -2.33. The van der Waals surface area contributed by atoms with Crippen molar-refractivity contribution in [3.05, 3.63) is 80.8 Å². The third-order valence-electron chi connectivity index (χ3n) is 5.79. The number of carbonyl (C=O) groups is 1. The number of nitrogens with one attached hydrogen (secondary N) is 2. The molecule has 2 aliphatic rings. The lowest BCUT2D eigenvalue weighted by molar-refractivity contribution is -0.118. The van der Waals surface area contributed by atoms with Crippen LogP contribution in [0.3, 0.4) is 0 Å².